The van der Waals surface area contributed by atoms with E-state index in [1.165, 1.54) is 0 Å². The molecule has 4 nitrogen and oxygen atoms in total. The molecule has 0 aromatic heterocycles. The van der Waals surface area contributed by atoms with Gasteiger partial charge in [0.2, 0.25) is 5.91 Å². The average molecular weight is 273 g/mol. The molecule has 1 aromatic rings. The summed E-state index contributed by atoms with van der Waals surface area (Å²) < 4.78 is 5.44. The molecule has 1 unspecified atom stereocenters. The number of hydrogen-bond donors (Lipinski definition) is 2. The summed E-state index contributed by atoms with van der Waals surface area (Å²) in [5, 5.41) is 11.6. The first kappa shape index (κ1) is 14.6. The number of aliphatic hydroxyl groups excluding tert-OH is 1. The summed E-state index contributed by atoms with van der Waals surface area (Å²) in [5.74, 6) is 5.41. The van der Waals surface area contributed by atoms with Crippen molar-refractivity contribution in [3.8, 4) is 11.8 Å². The summed E-state index contributed by atoms with van der Waals surface area (Å²) in [5.41, 5.74) is 1.82. The molecule has 1 aliphatic rings. The van der Waals surface area contributed by atoms with Gasteiger partial charge < -0.3 is 15.2 Å². The molecule has 1 aromatic carbocycles. The van der Waals surface area contributed by atoms with Gasteiger partial charge in [0.25, 0.3) is 0 Å². The van der Waals surface area contributed by atoms with E-state index in [-0.39, 0.29) is 18.6 Å². The van der Waals surface area contributed by atoms with Crippen molar-refractivity contribution in [3.05, 3.63) is 35.4 Å². The third-order valence-electron chi connectivity index (χ3n) is 3.18. The number of carbonyl (C=O) groups excluding carboxylic acids is 1. The van der Waals surface area contributed by atoms with Crippen molar-refractivity contribution in [1.82, 2.24) is 5.32 Å². The van der Waals surface area contributed by atoms with Gasteiger partial charge in [0.15, 0.2) is 0 Å². The second kappa shape index (κ2) is 7.68. The molecule has 1 amide bonds. The Morgan fingerprint density at radius 1 is 1.45 bits per heavy atom. The lowest BCUT2D eigenvalue weighted by molar-refractivity contribution is -0.135. The van der Waals surface area contributed by atoms with Crippen LogP contribution in [0.15, 0.2) is 24.3 Å². The second-order valence-electron chi connectivity index (χ2n) is 4.73. The monoisotopic (exact) mass is 273 g/mol. The standard InChI is InChI=1S/C16H19NO3/c18-9-4-7-13-5-3-6-14(11-13)12-17-16(19)15-8-1-2-10-20-15/h3,5-6,11,15,18H,1-2,8-10,12H2,(H,17,19). The molecule has 1 heterocycles. The predicted octanol–water partition coefficient (Wildman–Crippen LogP) is 1.22. The minimum Gasteiger partial charge on any atom is -0.384 e. The zero-order chi connectivity index (χ0) is 14.2. The van der Waals surface area contributed by atoms with Crippen molar-refractivity contribution in [2.75, 3.05) is 13.2 Å². The molecule has 1 aliphatic heterocycles. The van der Waals surface area contributed by atoms with Crippen LogP contribution in [-0.4, -0.2) is 30.3 Å². The highest BCUT2D eigenvalue weighted by atomic mass is 16.5. The van der Waals surface area contributed by atoms with E-state index in [1.807, 2.05) is 24.3 Å². The van der Waals surface area contributed by atoms with Crippen molar-refractivity contribution in [3.63, 3.8) is 0 Å². The number of amides is 1. The fourth-order valence-corrected chi connectivity index (χ4v) is 2.15. The van der Waals surface area contributed by atoms with Gasteiger partial charge in [-0.05, 0) is 37.0 Å². The Hall–Kier alpha value is -1.83. The number of benzene rings is 1. The van der Waals surface area contributed by atoms with E-state index < -0.39 is 0 Å². The molecular formula is C16H19NO3. The van der Waals surface area contributed by atoms with Crippen LogP contribution in [0, 0.1) is 11.8 Å². The molecule has 4 heteroatoms. The van der Waals surface area contributed by atoms with Gasteiger partial charge in [0.1, 0.15) is 12.7 Å². The summed E-state index contributed by atoms with van der Waals surface area (Å²) in [6.45, 7) is 0.984. The maximum absolute atomic E-state index is 11.9. The van der Waals surface area contributed by atoms with Crippen LogP contribution in [0.25, 0.3) is 0 Å². The highest BCUT2D eigenvalue weighted by Crippen LogP contribution is 2.13. The highest BCUT2D eigenvalue weighted by Gasteiger charge is 2.21. The van der Waals surface area contributed by atoms with Crippen LogP contribution in [0.3, 0.4) is 0 Å². The normalized spacial score (nSPS) is 17.9. The van der Waals surface area contributed by atoms with Gasteiger partial charge in [-0.1, -0.05) is 24.0 Å². The smallest absolute Gasteiger partial charge is 0.249 e. The third-order valence-corrected chi connectivity index (χ3v) is 3.18. The Labute approximate surface area is 119 Å². The van der Waals surface area contributed by atoms with Gasteiger partial charge in [-0.2, -0.15) is 0 Å². The van der Waals surface area contributed by atoms with Crippen molar-refractivity contribution >= 4 is 5.91 Å². The molecule has 2 N–H and O–H groups in total. The Bertz CT molecular complexity index is 510. The van der Waals surface area contributed by atoms with Crippen molar-refractivity contribution in [2.45, 2.75) is 31.9 Å². The molecule has 2 rings (SSSR count). The fourth-order valence-electron chi connectivity index (χ4n) is 2.15. The number of nitrogens with one attached hydrogen (secondary N) is 1. The van der Waals surface area contributed by atoms with E-state index in [0.29, 0.717) is 13.2 Å². The summed E-state index contributed by atoms with van der Waals surface area (Å²) in [4.78, 5) is 11.9. The number of ether oxygens (including phenoxy) is 1. The maximum atomic E-state index is 11.9. The SMILES string of the molecule is O=C(NCc1cccc(C#CCO)c1)C1CCCCO1. The molecule has 1 fully saturated rings. The lowest BCUT2D eigenvalue weighted by Crippen LogP contribution is -2.37. The van der Waals surface area contributed by atoms with Gasteiger partial charge in [-0.15, -0.1) is 0 Å². The minimum atomic E-state index is -0.305. The van der Waals surface area contributed by atoms with Gasteiger partial charge in [-0.3, -0.25) is 4.79 Å². The lowest BCUT2D eigenvalue weighted by Gasteiger charge is -2.21. The van der Waals surface area contributed by atoms with Gasteiger partial charge >= 0.3 is 0 Å². The van der Waals surface area contributed by atoms with Gasteiger partial charge in [0.05, 0.1) is 0 Å². The Morgan fingerprint density at radius 2 is 2.35 bits per heavy atom. The van der Waals surface area contributed by atoms with E-state index in [9.17, 15) is 4.79 Å². The van der Waals surface area contributed by atoms with Crippen LogP contribution in [-0.2, 0) is 16.1 Å². The van der Waals surface area contributed by atoms with Crippen LogP contribution >= 0.6 is 0 Å². The van der Waals surface area contributed by atoms with Gasteiger partial charge in [-0.25, -0.2) is 0 Å². The van der Waals surface area contributed by atoms with E-state index in [0.717, 1.165) is 30.4 Å². The number of aliphatic hydroxyl groups is 1. The number of rotatable bonds is 3. The first-order valence-electron chi connectivity index (χ1n) is 6.87. The maximum Gasteiger partial charge on any atom is 0.249 e. The molecule has 20 heavy (non-hydrogen) atoms. The molecule has 0 bridgehead atoms. The van der Waals surface area contributed by atoms with Crippen LogP contribution in [0.5, 0.6) is 0 Å². The van der Waals surface area contributed by atoms with Crippen molar-refractivity contribution in [2.24, 2.45) is 0 Å². The topological polar surface area (TPSA) is 58.6 Å². The Kier molecular flexibility index (Phi) is 5.60. The Balaban J connectivity index is 1.88. The molecule has 1 atom stereocenters. The van der Waals surface area contributed by atoms with Gasteiger partial charge in [0, 0.05) is 18.7 Å². The second-order valence-corrected chi connectivity index (χ2v) is 4.73. The summed E-state index contributed by atoms with van der Waals surface area (Å²) in [6.07, 6.45) is 2.58. The summed E-state index contributed by atoms with van der Waals surface area (Å²) in [6, 6.07) is 7.61. The third kappa shape index (κ3) is 4.37. The fraction of sp³-hybridized carbons (Fsp3) is 0.438. The van der Waals surface area contributed by atoms with Crippen LogP contribution in [0.4, 0.5) is 0 Å². The first-order chi connectivity index (χ1) is 9.79. The van der Waals surface area contributed by atoms with Crippen molar-refractivity contribution < 1.29 is 14.6 Å². The molecule has 0 spiro atoms. The average Bonchev–Trinajstić information content (AvgIpc) is 2.52. The molecule has 0 saturated carbocycles. The number of carbonyl (C=O) groups is 1. The lowest BCUT2D eigenvalue weighted by atomic mass is 10.1. The molecule has 0 aliphatic carbocycles. The molecule has 106 valence electrons. The zero-order valence-corrected chi connectivity index (χ0v) is 11.4. The van der Waals surface area contributed by atoms with E-state index in [4.69, 9.17) is 9.84 Å². The van der Waals surface area contributed by atoms with Crippen LogP contribution < -0.4 is 5.32 Å². The summed E-state index contributed by atoms with van der Waals surface area (Å²) in [7, 11) is 0. The van der Waals surface area contributed by atoms with E-state index in [1.54, 1.807) is 0 Å². The number of hydrogen-bond acceptors (Lipinski definition) is 3. The molecule has 1 saturated heterocycles. The largest absolute Gasteiger partial charge is 0.384 e. The quantitative estimate of drug-likeness (QED) is 0.814. The summed E-state index contributed by atoms with van der Waals surface area (Å²) >= 11 is 0. The first-order valence-corrected chi connectivity index (χ1v) is 6.87. The molecule has 0 radical (unpaired) electrons. The Morgan fingerprint density at radius 3 is 3.10 bits per heavy atom. The minimum absolute atomic E-state index is 0.0449. The van der Waals surface area contributed by atoms with E-state index >= 15 is 0 Å². The van der Waals surface area contributed by atoms with Crippen molar-refractivity contribution in [1.29, 1.82) is 0 Å². The van der Waals surface area contributed by atoms with E-state index in [2.05, 4.69) is 17.2 Å². The zero-order valence-electron chi connectivity index (χ0n) is 11.4. The van der Waals surface area contributed by atoms with Crippen LogP contribution in [0.2, 0.25) is 0 Å². The predicted molar refractivity (Wildman–Crippen MR) is 75.8 cm³/mol. The molecular weight excluding hydrogens is 254 g/mol. The highest BCUT2D eigenvalue weighted by molar-refractivity contribution is 5.80. The van der Waals surface area contributed by atoms with Crippen LogP contribution in [0.1, 0.15) is 30.4 Å².